The summed E-state index contributed by atoms with van der Waals surface area (Å²) in [4.78, 5) is 21.1. The summed E-state index contributed by atoms with van der Waals surface area (Å²) in [7, 11) is 2.12. The summed E-state index contributed by atoms with van der Waals surface area (Å²) in [5, 5.41) is 3.66. The van der Waals surface area contributed by atoms with Crippen LogP contribution in [-0.4, -0.2) is 49.0 Å². The van der Waals surface area contributed by atoms with Crippen molar-refractivity contribution in [2.24, 2.45) is 0 Å². The van der Waals surface area contributed by atoms with Crippen molar-refractivity contribution in [1.82, 2.24) is 9.88 Å². The largest absolute Gasteiger partial charge is 0.368 e. The lowest BCUT2D eigenvalue weighted by atomic mass is 10.2. The van der Waals surface area contributed by atoms with Gasteiger partial charge in [0.15, 0.2) is 0 Å². The summed E-state index contributed by atoms with van der Waals surface area (Å²) in [6.45, 7) is 3.98. The number of rotatable bonds is 3. The van der Waals surface area contributed by atoms with Gasteiger partial charge in [-0.1, -0.05) is 23.2 Å². The number of nitrogens with one attached hydrogen (secondary N) is 1. The molecule has 1 aromatic carbocycles. The maximum Gasteiger partial charge on any atom is 0.274 e. The van der Waals surface area contributed by atoms with Crippen LogP contribution in [0.2, 0.25) is 10.0 Å². The number of halogens is 2. The summed E-state index contributed by atoms with van der Waals surface area (Å²) < 4.78 is 0. The number of nitrogens with zero attached hydrogens (tertiary/aromatic N) is 3. The molecule has 0 bridgehead atoms. The van der Waals surface area contributed by atoms with Crippen LogP contribution in [0.1, 0.15) is 10.5 Å². The van der Waals surface area contributed by atoms with Crippen molar-refractivity contribution in [3.8, 4) is 0 Å². The number of amides is 1. The Bertz CT molecular complexity index is 728. The van der Waals surface area contributed by atoms with Crippen LogP contribution < -0.4 is 10.2 Å². The van der Waals surface area contributed by atoms with Crippen molar-refractivity contribution < 1.29 is 4.79 Å². The molecule has 5 nitrogen and oxygen atoms in total. The average molecular weight is 365 g/mol. The summed E-state index contributed by atoms with van der Waals surface area (Å²) in [6.07, 6.45) is 1.74. The molecule has 2 heterocycles. The number of likely N-dealkylation sites (N-methyl/N-ethyl adjacent to an activating group) is 1. The Kier molecular flexibility index (Phi) is 5.23. The molecule has 1 aromatic heterocycles. The number of piperazine rings is 1. The molecule has 7 heteroatoms. The number of anilines is 2. The Morgan fingerprint density at radius 2 is 1.88 bits per heavy atom. The molecule has 0 spiro atoms. The van der Waals surface area contributed by atoms with Crippen molar-refractivity contribution in [3.05, 3.63) is 52.3 Å². The lowest BCUT2D eigenvalue weighted by Crippen LogP contribution is -2.44. The molecule has 24 heavy (non-hydrogen) atoms. The molecular formula is C17H18Cl2N4O. The Morgan fingerprint density at radius 1 is 1.12 bits per heavy atom. The molecular weight excluding hydrogens is 347 g/mol. The van der Waals surface area contributed by atoms with E-state index in [-0.39, 0.29) is 5.91 Å². The zero-order chi connectivity index (χ0) is 17.1. The number of carbonyl (C=O) groups excluding carboxylic acids is 1. The molecule has 0 unspecified atom stereocenters. The van der Waals surface area contributed by atoms with Crippen LogP contribution in [0.15, 0.2) is 36.5 Å². The Morgan fingerprint density at radius 3 is 2.50 bits per heavy atom. The van der Waals surface area contributed by atoms with Crippen molar-refractivity contribution in [3.63, 3.8) is 0 Å². The molecule has 1 N–H and O–H groups in total. The Hall–Kier alpha value is -1.82. The van der Waals surface area contributed by atoms with E-state index >= 15 is 0 Å². The fraction of sp³-hybridized carbons (Fsp3) is 0.294. The fourth-order valence-electron chi connectivity index (χ4n) is 2.55. The topological polar surface area (TPSA) is 48.5 Å². The van der Waals surface area contributed by atoms with Crippen LogP contribution >= 0.6 is 23.2 Å². The second-order valence-electron chi connectivity index (χ2n) is 5.77. The van der Waals surface area contributed by atoms with Crippen molar-refractivity contribution in [2.45, 2.75) is 0 Å². The van der Waals surface area contributed by atoms with Crippen molar-refractivity contribution >= 4 is 40.5 Å². The quantitative estimate of drug-likeness (QED) is 0.906. The third kappa shape index (κ3) is 3.98. The number of carbonyl (C=O) groups is 1. The molecule has 1 saturated heterocycles. The van der Waals surface area contributed by atoms with Gasteiger partial charge in [0.2, 0.25) is 0 Å². The number of pyridine rings is 1. The minimum Gasteiger partial charge on any atom is -0.368 e. The summed E-state index contributed by atoms with van der Waals surface area (Å²) in [5.74, 6) is -0.302. The Balaban J connectivity index is 1.67. The second kappa shape index (κ2) is 7.38. The van der Waals surface area contributed by atoms with E-state index in [2.05, 4.69) is 27.1 Å². The second-order valence-corrected chi connectivity index (χ2v) is 6.61. The number of hydrogen-bond acceptors (Lipinski definition) is 4. The molecule has 1 amide bonds. The van der Waals surface area contributed by atoms with E-state index < -0.39 is 0 Å². The summed E-state index contributed by atoms with van der Waals surface area (Å²) >= 11 is 11.9. The zero-order valence-corrected chi connectivity index (χ0v) is 14.8. The molecule has 0 aliphatic carbocycles. The first kappa shape index (κ1) is 17.0. The highest BCUT2D eigenvalue weighted by Gasteiger charge is 2.16. The fourth-order valence-corrected chi connectivity index (χ4v) is 3.01. The van der Waals surface area contributed by atoms with Gasteiger partial charge in [0.1, 0.15) is 5.69 Å². The normalized spacial score (nSPS) is 15.4. The smallest absolute Gasteiger partial charge is 0.274 e. The van der Waals surface area contributed by atoms with Gasteiger partial charge in [-0.2, -0.15) is 0 Å². The van der Waals surface area contributed by atoms with Crippen LogP contribution in [0.25, 0.3) is 0 Å². The molecule has 1 aliphatic heterocycles. The van der Waals surface area contributed by atoms with Gasteiger partial charge in [-0.15, -0.1) is 0 Å². The molecule has 0 saturated carbocycles. The van der Waals surface area contributed by atoms with Gasteiger partial charge in [-0.05, 0) is 37.4 Å². The van der Waals surface area contributed by atoms with E-state index in [1.807, 2.05) is 6.07 Å². The number of aromatic nitrogens is 1. The van der Waals surface area contributed by atoms with Crippen LogP contribution in [0.5, 0.6) is 0 Å². The van der Waals surface area contributed by atoms with E-state index in [1.165, 1.54) is 0 Å². The Labute approximate surface area is 151 Å². The SMILES string of the molecule is CN1CCN(c2ccc(C(=O)Nc3ccc(Cl)cc3Cl)nc2)CC1. The highest BCUT2D eigenvalue weighted by Crippen LogP contribution is 2.25. The lowest BCUT2D eigenvalue weighted by molar-refractivity contribution is 0.102. The monoisotopic (exact) mass is 364 g/mol. The highest BCUT2D eigenvalue weighted by molar-refractivity contribution is 6.36. The maximum atomic E-state index is 12.3. The highest BCUT2D eigenvalue weighted by atomic mass is 35.5. The van der Waals surface area contributed by atoms with E-state index in [4.69, 9.17) is 23.2 Å². The minimum atomic E-state index is -0.302. The van der Waals surface area contributed by atoms with Crippen molar-refractivity contribution in [2.75, 3.05) is 43.4 Å². The molecule has 0 radical (unpaired) electrons. The molecule has 1 aliphatic rings. The van der Waals surface area contributed by atoms with Gasteiger partial charge in [0, 0.05) is 31.2 Å². The average Bonchev–Trinajstić information content (AvgIpc) is 2.58. The lowest BCUT2D eigenvalue weighted by Gasteiger charge is -2.33. The van der Waals surface area contributed by atoms with E-state index in [1.54, 1.807) is 30.5 Å². The van der Waals surface area contributed by atoms with Gasteiger partial charge >= 0.3 is 0 Å². The predicted molar refractivity (Wildman–Crippen MR) is 98.4 cm³/mol. The third-order valence-corrected chi connectivity index (χ3v) is 4.58. The van der Waals surface area contributed by atoms with Gasteiger partial charge in [-0.25, -0.2) is 4.98 Å². The van der Waals surface area contributed by atoms with E-state index in [0.29, 0.717) is 21.4 Å². The van der Waals surface area contributed by atoms with Gasteiger partial charge in [0.25, 0.3) is 5.91 Å². The third-order valence-electron chi connectivity index (χ3n) is 4.03. The number of hydrogen-bond donors (Lipinski definition) is 1. The first-order chi connectivity index (χ1) is 11.5. The standard InChI is InChI=1S/C17H18Cl2N4O/c1-22-6-8-23(9-7-22)13-3-5-16(20-11-13)17(24)21-15-4-2-12(18)10-14(15)19/h2-5,10-11H,6-9H2,1H3,(H,21,24). The molecule has 1 fully saturated rings. The molecule has 3 rings (SSSR count). The van der Waals surface area contributed by atoms with Crippen LogP contribution in [0, 0.1) is 0 Å². The first-order valence-electron chi connectivity index (χ1n) is 7.69. The molecule has 0 atom stereocenters. The summed E-state index contributed by atoms with van der Waals surface area (Å²) in [6, 6.07) is 8.58. The zero-order valence-electron chi connectivity index (χ0n) is 13.3. The first-order valence-corrected chi connectivity index (χ1v) is 8.44. The predicted octanol–water partition coefficient (Wildman–Crippen LogP) is 3.39. The van der Waals surface area contributed by atoms with Gasteiger partial charge < -0.3 is 15.1 Å². The van der Waals surface area contributed by atoms with Gasteiger partial charge in [-0.3, -0.25) is 4.79 Å². The maximum absolute atomic E-state index is 12.3. The van der Waals surface area contributed by atoms with E-state index in [9.17, 15) is 4.79 Å². The van der Waals surface area contributed by atoms with Gasteiger partial charge in [0.05, 0.1) is 22.6 Å². The van der Waals surface area contributed by atoms with Crippen LogP contribution in [0.4, 0.5) is 11.4 Å². The van der Waals surface area contributed by atoms with E-state index in [0.717, 1.165) is 31.9 Å². The van der Waals surface area contributed by atoms with Crippen LogP contribution in [-0.2, 0) is 0 Å². The summed E-state index contributed by atoms with van der Waals surface area (Å²) in [5.41, 5.74) is 1.89. The molecule has 126 valence electrons. The van der Waals surface area contributed by atoms with Crippen LogP contribution in [0.3, 0.4) is 0 Å². The molecule has 2 aromatic rings. The number of benzene rings is 1. The van der Waals surface area contributed by atoms with Crippen molar-refractivity contribution in [1.29, 1.82) is 0 Å². The minimum absolute atomic E-state index is 0.302.